The summed E-state index contributed by atoms with van der Waals surface area (Å²) < 4.78 is 0. The van der Waals surface area contributed by atoms with E-state index in [1.54, 1.807) is 0 Å². The first-order valence-electron chi connectivity index (χ1n) is 3.45. The zero-order valence-corrected chi connectivity index (χ0v) is 5.64. The quantitative estimate of drug-likeness (QED) is 0.445. The van der Waals surface area contributed by atoms with Gasteiger partial charge in [-0.3, -0.25) is 0 Å². The van der Waals surface area contributed by atoms with Crippen molar-refractivity contribution in [1.82, 2.24) is 0 Å². The largest absolute Gasteiger partial charge is 0.112 e. The van der Waals surface area contributed by atoms with Crippen molar-refractivity contribution >= 4 is 23.5 Å². The van der Waals surface area contributed by atoms with Gasteiger partial charge in [0.05, 0.1) is 23.5 Å². The van der Waals surface area contributed by atoms with E-state index < -0.39 is 0 Å². The average Bonchev–Trinajstić information content (AvgIpc) is 2.16. The van der Waals surface area contributed by atoms with Crippen LogP contribution in [0, 0.1) is 0 Å². The third-order valence-corrected chi connectivity index (χ3v) is 2.20. The number of hydrogen-bond donors (Lipinski definition) is 0. The molecule has 0 spiro atoms. The van der Waals surface area contributed by atoms with Gasteiger partial charge in [0.2, 0.25) is 0 Å². The highest BCUT2D eigenvalue weighted by Crippen LogP contribution is 2.48. The van der Waals surface area contributed by atoms with E-state index >= 15 is 0 Å². The van der Waals surface area contributed by atoms with Crippen LogP contribution in [0.2, 0.25) is 11.0 Å². The van der Waals surface area contributed by atoms with Gasteiger partial charge in [-0.05, 0) is 0 Å². The Labute approximate surface area is 61.0 Å². The van der Waals surface area contributed by atoms with Crippen LogP contribution in [0.5, 0.6) is 0 Å². The molecule has 9 heavy (non-hydrogen) atoms. The molecule has 0 unspecified atom stereocenters. The van der Waals surface area contributed by atoms with Gasteiger partial charge in [0.15, 0.2) is 0 Å². The Bertz CT molecular complexity index is 94.5. The zero-order valence-electron chi connectivity index (χ0n) is 5.64. The predicted molar refractivity (Wildman–Crippen MR) is 42.2 cm³/mol. The maximum absolute atomic E-state index is 5.85. The summed E-state index contributed by atoms with van der Waals surface area (Å²) >= 11 is 0. The highest BCUT2D eigenvalue weighted by molar-refractivity contribution is 6.41. The van der Waals surface area contributed by atoms with Gasteiger partial charge >= 0.3 is 0 Å². The van der Waals surface area contributed by atoms with Crippen molar-refractivity contribution in [3.05, 3.63) is 0 Å². The molecule has 42 valence electrons. The second-order valence-corrected chi connectivity index (χ2v) is 2.97. The first-order chi connectivity index (χ1) is 4.15. The van der Waals surface area contributed by atoms with Crippen LogP contribution < -0.4 is 0 Å². The van der Waals surface area contributed by atoms with E-state index in [0.717, 1.165) is 12.8 Å². The molecule has 0 saturated heterocycles. The first-order valence-corrected chi connectivity index (χ1v) is 3.45. The summed E-state index contributed by atoms with van der Waals surface area (Å²) in [6, 6.07) is 0. The van der Waals surface area contributed by atoms with E-state index in [-0.39, 0.29) is 11.0 Å². The lowest BCUT2D eigenvalue weighted by atomic mass is 9.46. The van der Waals surface area contributed by atoms with Crippen molar-refractivity contribution in [3.63, 3.8) is 0 Å². The third-order valence-electron chi connectivity index (χ3n) is 2.20. The Morgan fingerprint density at radius 2 is 1.56 bits per heavy atom. The predicted octanol–water partition coefficient (Wildman–Crippen LogP) is 0.971. The minimum Gasteiger partial charge on any atom is -0.112 e. The minimum absolute atomic E-state index is 0.250. The van der Waals surface area contributed by atoms with E-state index in [1.807, 2.05) is 0 Å². The van der Waals surface area contributed by atoms with Crippen LogP contribution >= 0.6 is 0 Å². The molecule has 1 aliphatic rings. The molecule has 0 aromatic heterocycles. The van der Waals surface area contributed by atoms with Crippen LogP contribution in [0.1, 0.15) is 25.7 Å². The molecule has 0 N–H and O–H groups in total. The lowest BCUT2D eigenvalue weighted by Crippen LogP contribution is -2.15. The maximum atomic E-state index is 5.85. The van der Waals surface area contributed by atoms with E-state index in [0.29, 0.717) is 0 Å². The lowest BCUT2D eigenvalue weighted by molar-refractivity contribution is 0.614. The average molecular weight is 114 g/mol. The normalized spacial score (nSPS) is 25.0. The molecule has 0 nitrogen and oxygen atoms in total. The first kappa shape index (κ1) is 7.30. The Balaban J connectivity index is 2.51. The van der Waals surface area contributed by atoms with Crippen LogP contribution in [0.3, 0.4) is 0 Å². The molecule has 0 aliphatic heterocycles. The van der Waals surface area contributed by atoms with Gasteiger partial charge in [-0.25, -0.2) is 0 Å². The molecular formula is C6H9B3. The molecule has 0 amide bonds. The van der Waals surface area contributed by atoms with Crippen molar-refractivity contribution in [2.75, 3.05) is 0 Å². The van der Waals surface area contributed by atoms with Crippen molar-refractivity contribution in [1.29, 1.82) is 0 Å². The Kier molecular flexibility index (Phi) is 1.98. The van der Waals surface area contributed by atoms with Gasteiger partial charge in [-0.2, -0.15) is 0 Å². The second-order valence-electron chi connectivity index (χ2n) is 2.97. The molecule has 1 rings (SSSR count). The fraction of sp³-hybridized carbons (Fsp3) is 1.00. The van der Waals surface area contributed by atoms with Crippen molar-refractivity contribution in [3.8, 4) is 0 Å². The standard InChI is InChI=1S/C6H9B3/c7-5(8)6(9)3-1-2-4-6/h5H,1-4H2. The van der Waals surface area contributed by atoms with E-state index in [2.05, 4.69) is 0 Å². The highest BCUT2D eigenvalue weighted by atomic mass is 14.3. The van der Waals surface area contributed by atoms with E-state index in [1.165, 1.54) is 12.8 Å². The van der Waals surface area contributed by atoms with Crippen LogP contribution in [-0.2, 0) is 0 Å². The van der Waals surface area contributed by atoms with Gasteiger partial charge < -0.3 is 0 Å². The molecular weight excluding hydrogens is 105 g/mol. The fourth-order valence-corrected chi connectivity index (χ4v) is 1.37. The summed E-state index contributed by atoms with van der Waals surface area (Å²) in [7, 11) is 16.8. The van der Waals surface area contributed by atoms with Crippen molar-refractivity contribution in [2.24, 2.45) is 0 Å². The molecule has 1 fully saturated rings. The molecule has 0 bridgehead atoms. The zero-order chi connectivity index (χ0) is 6.91. The summed E-state index contributed by atoms with van der Waals surface area (Å²) in [5, 5.41) is -0.250. The number of rotatable bonds is 1. The van der Waals surface area contributed by atoms with Crippen LogP contribution in [0.25, 0.3) is 0 Å². The summed E-state index contributed by atoms with van der Waals surface area (Å²) in [5.41, 5.74) is -0.333. The van der Waals surface area contributed by atoms with Crippen molar-refractivity contribution in [2.45, 2.75) is 36.7 Å². The van der Waals surface area contributed by atoms with Crippen molar-refractivity contribution < 1.29 is 0 Å². The third kappa shape index (κ3) is 1.36. The van der Waals surface area contributed by atoms with E-state index in [4.69, 9.17) is 23.5 Å². The molecule has 0 atom stereocenters. The molecule has 0 aromatic carbocycles. The van der Waals surface area contributed by atoms with Gasteiger partial charge in [0, 0.05) is 0 Å². The number of hydrogen-bond acceptors (Lipinski definition) is 0. The summed E-state index contributed by atoms with van der Waals surface area (Å²) in [6.45, 7) is 0. The van der Waals surface area contributed by atoms with Gasteiger partial charge in [0.1, 0.15) is 0 Å². The maximum Gasteiger partial charge on any atom is 0.0730 e. The SMILES string of the molecule is [B]C([B])C1([B])CCCC1. The Morgan fingerprint density at radius 1 is 1.11 bits per heavy atom. The Hall–Kier alpha value is 0.195. The van der Waals surface area contributed by atoms with Gasteiger partial charge in [0.25, 0.3) is 0 Å². The fourth-order valence-electron chi connectivity index (χ4n) is 1.37. The highest BCUT2D eigenvalue weighted by Gasteiger charge is 2.29. The van der Waals surface area contributed by atoms with Crippen LogP contribution in [0.15, 0.2) is 0 Å². The monoisotopic (exact) mass is 114 g/mol. The topological polar surface area (TPSA) is 0 Å². The summed E-state index contributed by atoms with van der Waals surface area (Å²) in [6.07, 6.45) is 4.35. The van der Waals surface area contributed by atoms with Gasteiger partial charge in [-0.1, -0.05) is 31.0 Å². The smallest absolute Gasteiger partial charge is 0.0730 e. The molecule has 0 aromatic rings. The summed E-state index contributed by atoms with van der Waals surface area (Å²) in [5.74, 6) is 0. The molecule has 1 saturated carbocycles. The van der Waals surface area contributed by atoms with Crippen LogP contribution in [-0.4, -0.2) is 23.5 Å². The molecule has 1 aliphatic carbocycles. The van der Waals surface area contributed by atoms with Gasteiger partial charge in [-0.15, -0.1) is 5.72 Å². The molecule has 6 radical (unpaired) electrons. The van der Waals surface area contributed by atoms with E-state index in [9.17, 15) is 0 Å². The minimum atomic E-state index is -0.333. The lowest BCUT2D eigenvalue weighted by Gasteiger charge is -2.29. The second kappa shape index (κ2) is 2.44. The molecule has 0 heterocycles. The Morgan fingerprint density at radius 3 is 1.78 bits per heavy atom. The van der Waals surface area contributed by atoms with Crippen LogP contribution in [0.4, 0.5) is 0 Å². The summed E-state index contributed by atoms with van der Waals surface area (Å²) in [4.78, 5) is 0. The molecule has 3 heteroatoms.